The molecule has 0 aromatic carbocycles. The van der Waals surface area contributed by atoms with E-state index in [4.69, 9.17) is 9.84 Å². The van der Waals surface area contributed by atoms with E-state index in [-0.39, 0.29) is 6.61 Å². The number of methoxy groups -OCH3 is 2. The Morgan fingerprint density at radius 2 is 1.68 bits per heavy atom. The van der Waals surface area contributed by atoms with Gasteiger partial charge >= 0.3 is 17.9 Å². The quantitative estimate of drug-likeness (QED) is 0.310. The zero-order chi connectivity index (χ0) is 15.1. The van der Waals surface area contributed by atoms with E-state index in [0.717, 1.165) is 21.1 Å². The van der Waals surface area contributed by atoms with Gasteiger partial charge in [-0.1, -0.05) is 6.08 Å². The van der Waals surface area contributed by atoms with E-state index in [2.05, 4.69) is 9.47 Å². The van der Waals surface area contributed by atoms with Crippen LogP contribution in [0.1, 0.15) is 13.8 Å². The van der Waals surface area contributed by atoms with E-state index < -0.39 is 29.4 Å². The Hall–Kier alpha value is -1.89. The summed E-state index contributed by atoms with van der Waals surface area (Å²) in [5, 5.41) is 8.75. The lowest BCUT2D eigenvalue weighted by Crippen LogP contribution is -2.49. The van der Waals surface area contributed by atoms with Crippen LogP contribution < -0.4 is 0 Å². The van der Waals surface area contributed by atoms with Crippen LogP contribution in [-0.4, -0.2) is 49.9 Å². The Labute approximate surface area is 111 Å². The largest absolute Gasteiger partial charge is 0.468 e. The summed E-state index contributed by atoms with van der Waals surface area (Å²) in [6.07, 6.45) is 1.24. The topological polar surface area (TPSA) is 99.1 Å². The van der Waals surface area contributed by atoms with Crippen LogP contribution in [0.2, 0.25) is 0 Å². The van der Waals surface area contributed by atoms with Gasteiger partial charge in [0.05, 0.1) is 20.8 Å². The van der Waals surface area contributed by atoms with Gasteiger partial charge in [0.15, 0.2) is 0 Å². The van der Waals surface area contributed by atoms with Gasteiger partial charge in [-0.15, -0.1) is 0 Å². The summed E-state index contributed by atoms with van der Waals surface area (Å²) in [5.74, 6) is -2.51. The van der Waals surface area contributed by atoms with Crippen LogP contribution in [0.4, 0.5) is 0 Å². The van der Waals surface area contributed by atoms with Crippen LogP contribution in [0.5, 0.6) is 0 Å². The molecule has 0 fully saturated rings. The second kappa shape index (κ2) is 7.52. The number of ether oxygens (including phenoxy) is 3. The van der Waals surface area contributed by atoms with E-state index in [1.807, 2.05) is 0 Å². The first-order chi connectivity index (χ1) is 8.84. The zero-order valence-corrected chi connectivity index (χ0v) is 11.3. The highest BCUT2D eigenvalue weighted by Gasteiger charge is 2.51. The molecule has 19 heavy (non-hydrogen) atoms. The van der Waals surface area contributed by atoms with Gasteiger partial charge in [0, 0.05) is 6.92 Å². The molecule has 0 amide bonds. The summed E-state index contributed by atoms with van der Waals surface area (Å²) in [5.41, 5.74) is -1.85. The van der Waals surface area contributed by atoms with Crippen molar-refractivity contribution >= 4 is 17.9 Å². The van der Waals surface area contributed by atoms with Crippen LogP contribution in [0.3, 0.4) is 0 Å². The van der Waals surface area contributed by atoms with Crippen LogP contribution in [0.25, 0.3) is 0 Å². The summed E-state index contributed by atoms with van der Waals surface area (Å²) >= 11 is 0. The van der Waals surface area contributed by atoms with E-state index in [1.165, 1.54) is 19.1 Å². The minimum absolute atomic E-state index is 0.337. The number of carbonyl (C=O) groups excluding carboxylic acids is 3. The fourth-order valence-corrected chi connectivity index (χ4v) is 1.45. The molecule has 0 aromatic rings. The predicted molar refractivity (Wildman–Crippen MR) is 63.9 cm³/mol. The van der Waals surface area contributed by atoms with Gasteiger partial charge in [0.1, 0.15) is 6.10 Å². The lowest BCUT2D eigenvalue weighted by Gasteiger charge is -2.29. The molecule has 0 spiro atoms. The van der Waals surface area contributed by atoms with E-state index >= 15 is 0 Å². The van der Waals surface area contributed by atoms with Crippen LogP contribution in [-0.2, 0) is 28.6 Å². The van der Waals surface area contributed by atoms with Gasteiger partial charge in [0.25, 0.3) is 0 Å². The second-order valence-corrected chi connectivity index (χ2v) is 3.83. The van der Waals surface area contributed by atoms with Gasteiger partial charge in [0.2, 0.25) is 5.41 Å². The maximum Gasteiger partial charge on any atom is 0.327 e. The number of carbonyl (C=O) groups is 3. The molecule has 0 saturated heterocycles. The number of rotatable bonds is 6. The zero-order valence-electron chi connectivity index (χ0n) is 11.3. The highest BCUT2D eigenvalue weighted by atomic mass is 16.6. The van der Waals surface area contributed by atoms with Crippen molar-refractivity contribution in [2.45, 2.75) is 20.0 Å². The number of hydrogen-bond donors (Lipinski definition) is 1. The Balaban J connectivity index is 5.59. The molecule has 0 aliphatic carbocycles. The third-order valence-electron chi connectivity index (χ3n) is 2.50. The van der Waals surface area contributed by atoms with E-state index in [9.17, 15) is 14.4 Å². The number of hydrogen-bond acceptors (Lipinski definition) is 7. The van der Waals surface area contributed by atoms with Crippen LogP contribution >= 0.6 is 0 Å². The smallest absolute Gasteiger partial charge is 0.327 e. The molecule has 108 valence electrons. The van der Waals surface area contributed by atoms with Crippen molar-refractivity contribution in [3.63, 3.8) is 0 Å². The molecule has 0 rings (SSSR count). The molecular weight excluding hydrogens is 256 g/mol. The number of aliphatic hydroxyl groups excluding tert-OH is 1. The predicted octanol–water partition coefficient (Wildman–Crippen LogP) is -0.181. The molecule has 0 bridgehead atoms. The SMILES string of the molecule is COC(=O)C(C)(C(=O)OC)[C@@H](/C=C/CO)OC(C)=O. The summed E-state index contributed by atoms with van der Waals surface area (Å²) in [6, 6.07) is 0. The van der Waals surface area contributed by atoms with Gasteiger partial charge in [-0.25, -0.2) is 0 Å². The molecular formula is C12H18O7. The molecule has 0 saturated carbocycles. The monoisotopic (exact) mass is 274 g/mol. The van der Waals surface area contributed by atoms with Crippen molar-refractivity contribution in [2.75, 3.05) is 20.8 Å². The number of esters is 3. The molecule has 0 aliphatic rings. The van der Waals surface area contributed by atoms with Crippen molar-refractivity contribution in [3.05, 3.63) is 12.2 Å². The Morgan fingerprint density at radius 3 is 2.00 bits per heavy atom. The van der Waals surface area contributed by atoms with Gasteiger partial charge < -0.3 is 19.3 Å². The van der Waals surface area contributed by atoms with Gasteiger partial charge in [-0.3, -0.25) is 14.4 Å². The third-order valence-corrected chi connectivity index (χ3v) is 2.50. The van der Waals surface area contributed by atoms with Crippen molar-refractivity contribution in [3.8, 4) is 0 Å². The summed E-state index contributed by atoms with van der Waals surface area (Å²) < 4.78 is 14.0. The fraction of sp³-hybridized carbons (Fsp3) is 0.583. The first kappa shape index (κ1) is 17.1. The third kappa shape index (κ3) is 4.06. The lowest BCUT2D eigenvalue weighted by molar-refractivity contribution is -0.178. The molecule has 0 unspecified atom stereocenters. The standard InChI is InChI=1S/C12H18O7/c1-8(14)19-9(6-5-7-13)12(2,10(15)17-3)11(16)18-4/h5-6,9,13H,7H2,1-4H3/b6-5+/t9-/m1/s1. The molecule has 1 atom stereocenters. The minimum Gasteiger partial charge on any atom is -0.468 e. The number of aliphatic hydroxyl groups is 1. The minimum atomic E-state index is -1.85. The highest BCUT2D eigenvalue weighted by Crippen LogP contribution is 2.29. The highest BCUT2D eigenvalue weighted by molar-refractivity contribution is 6.00. The first-order valence-corrected chi connectivity index (χ1v) is 5.46. The molecule has 0 aliphatic heterocycles. The normalized spacial score (nSPS) is 12.9. The van der Waals surface area contributed by atoms with Gasteiger partial charge in [-0.2, -0.15) is 0 Å². The Morgan fingerprint density at radius 1 is 1.21 bits per heavy atom. The van der Waals surface area contributed by atoms with Crippen LogP contribution in [0, 0.1) is 5.41 Å². The summed E-state index contributed by atoms with van der Waals surface area (Å²) in [4.78, 5) is 34.7. The maximum absolute atomic E-state index is 11.8. The Kier molecular flexibility index (Phi) is 6.78. The second-order valence-electron chi connectivity index (χ2n) is 3.83. The molecule has 0 radical (unpaired) electrons. The van der Waals surface area contributed by atoms with Crippen LogP contribution in [0.15, 0.2) is 12.2 Å². The average Bonchev–Trinajstić information content (AvgIpc) is 2.39. The molecule has 0 aromatic heterocycles. The van der Waals surface area contributed by atoms with Gasteiger partial charge in [-0.05, 0) is 13.0 Å². The fourth-order valence-electron chi connectivity index (χ4n) is 1.45. The van der Waals surface area contributed by atoms with Crippen molar-refractivity contribution in [1.29, 1.82) is 0 Å². The molecule has 0 heterocycles. The molecule has 7 nitrogen and oxygen atoms in total. The van der Waals surface area contributed by atoms with Crippen molar-refractivity contribution < 1.29 is 33.7 Å². The molecule has 7 heteroatoms. The Bertz CT molecular complexity index is 356. The average molecular weight is 274 g/mol. The van der Waals surface area contributed by atoms with Crippen molar-refractivity contribution in [2.24, 2.45) is 5.41 Å². The molecule has 1 N–H and O–H groups in total. The van der Waals surface area contributed by atoms with E-state index in [1.54, 1.807) is 0 Å². The van der Waals surface area contributed by atoms with Crippen molar-refractivity contribution in [1.82, 2.24) is 0 Å². The summed E-state index contributed by atoms with van der Waals surface area (Å²) in [7, 11) is 2.20. The van der Waals surface area contributed by atoms with E-state index in [0.29, 0.717) is 0 Å². The summed E-state index contributed by atoms with van der Waals surface area (Å²) in [6.45, 7) is 2.03. The first-order valence-electron chi connectivity index (χ1n) is 5.46. The lowest BCUT2D eigenvalue weighted by atomic mass is 9.83. The maximum atomic E-state index is 11.8.